The van der Waals surface area contributed by atoms with E-state index in [-0.39, 0.29) is 35.8 Å². The predicted molar refractivity (Wildman–Crippen MR) is 89.8 cm³/mol. The van der Waals surface area contributed by atoms with Gasteiger partial charge in [-0.3, -0.25) is 9.59 Å². The maximum atomic E-state index is 12.4. The molecule has 0 bridgehead atoms. The van der Waals surface area contributed by atoms with Gasteiger partial charge in [0, 0.05) is 37.4 Å². The molecule has 1 saturated carbocycles. The van der Waals surface area contributed by atoms with Gasteiger partial charge >= 0.3 is 0 Å². The zero-order chi connectivity index (χ0) is 16.8. The highest BCUT2D eigenvalue weighted by atomic mass is 16.3. The highest BCUT2D eigenvalue weighted by Crippen LogP contribution is 2.24. The lowest BCUT2D eigenvalue weighted by Crippen LogP contribution is -2.46. The summed E-state index contributed by atoms with van der Waals surface area (Å²) in [5, 5.41) is 12.7. The number of aliphatic hydroxyl groups excluding tert-OH is 1. The Hall–Kier alpha value is -1.10. The molecule has 5 heteroatoms. The van der Waals surface area contributed by atoms with Crippen molar-refractivity contribution >= 4 is 11.8 Å². The van der Waals surface area contributed by atoms with Crippen LogP contribution in [-0.2, 0) is 9.59 Å². The standard InChI is InChI=1S/C18H32N2O3/c1-13(19-18(23)15-7-4-3-5-8-15)11-17(22)20-10-6-9-16(12-20)14(2)21/h13-16,21H,3-12H2,1-2H3,(H,19,23). The summed E-state index contributed by atoms with van der Waals surface area (Å²) in [4.78, 5) is 26.5. The summed E-state index contributed by atoms with van der Waals surface area (Å²) in [6.45, 7) is 5.12. The Morgan fingerprint density at radius 1 is 1.13 bits per heavy atom. The highest BCUT2D eigenvalue weighted by molar-refractivity contribution is 5.81. The number of hydrogen-bond acceptors (Lipinski definition) is 3. The molecular formula is C18H32N2O3. The summed E-state index contributed by atoms with van der Waals surface area (Å²) in [6, 6.07) is -0.121. The van der Waals surface area contributed by atoms with Gasteiger partial charge in [0.1, 0.15) is 0 Å². The fourth-order valence-corrected chi connectivity index (χ4v) is 3.80. The van der Waals surface area contributed by atoms with Gasteiger partial charge in [-0.25, -0.2) is 0 Å². The van der Waals surface area contributed by atoms with Gasteiger partial charge in [-0.15, -0.1) is 0 Å². The lowest BCUT2D eigenvalue weighted by atomic mass is 9.88. The van der Waals surface area contributed by atoms with Gasteiger partial charge in [0.15, 0.2) is 0 Å². The fraction of sp³-hybridized carbons (Fsp3) is 0.889. The molecule has 0 aromatic carbocycles. The number of amides is 2. The van der Waals surface area contributed by atoms with Crippen molar-refractivity contribution < 1.29 is 14.7 Å². The van der Waals surface area contributed by atoms with Gasteiger partial charge in [-0.05, 0) is 39.5 Å². The first-order chi connectivity index (χ1) is 11.0. The smallest absolute Gasteiger partial charge is 0.224 e. The summed E-state index contributed by atoms with van der Waals surface area (Å²) in [6.07, 6.45) is 7.39. The second-order valence-electron chi connectivity index (χ2n) is 7.43. The number of hydrogen-bond donors (Lipinski definition) is 2. The van der Waals surface area contributed by atoms with E-state index < -0.39 is 0 Å². The van der Waals surface area contributed by atoms with E-state index in [0.717, 1.165) is 45.1 Å². The summed E-state index contributed by atoms with van der Waals surface area (Å²) in [5.74, 6) is 0.521. The van der Waals surface area contributed by atoms with Crippen LogP contribution in [0.1, 0.15) is 65.2 Å². The Kier molecular flexibility index (Phi) is 6.88. The van der Waals surface area contributed by atoms with Gasteiger partial charge in [0.2, 0.25) is 11.8 Å². The molecule has 3 atom stereocenters. The Labute approximate surface area is 139 Å². The van der Waals surface area contributed by atoms with Crippen molar-refractivity contribution in [3.05, 3.63) is 0 Å². The van der Waals surface area contributed by atoms with Crippen LogP contribution in [0.2, 0.25) is 0 Å². The molecule has 1 saturated heterocycles. The van der Waals surface area contributed by atoms with Crippen molar-refractivity contribution in [2.45, 2.75) is 77.4 Å². The summed E-state index contributed by atoms with van der Waals surface area (Å²) in [5.41, 5.74) is 0. The first-order valence-electron chi connectivity index (χ1n) is 9.23. The fourth-order valence-electron chi connectivity index (χ4n) is 3.80. The third-order valence-electron chi connectivity index (χ3n) is 5.34. The topological polar surface area (TPSA) is 69.6 Å². The van der Waals surface area contributed by atoms with Crippen molar-refractivity contribution in [1.29, 1.82) is 0 Å². The van der Waals surface area contributed by atoms with Crippen LogP contribution in [0.5, 0.6) is 0 Å². The number of likely N-dealkylation sites (tertiary alicyclic amines) is 1. The van der Waals surface area contributed by atoms with Crippen molar-refractivity contribution in [2.75, 3.05) is 13.1 Å². The van der Waals surface area contributed by atoms with Crippen LogP contribution < -0.4 is 5.32 Å². The minimum absolute atomic E-state index is 0.0896. The van der Waals surface area contributed by atoms with Crippen LogP contribution in [0.15, 0.2) is 0 Å². The zero-order valence-electron chi connectivity index (χ0n) is 14.6. The maximum absolute atomic E-state index is 12.4. The molecule has 23 heavy (non-hydrogen) atoms. The lowest BCUT2D eigenvalue weighted by Gasteiger charge is -2.35. The van der Waals surface area contributed by atoms with Crippen LogP contribution in [0.4, 0.5) is 0 Å². The van der Waals surface area contributed by atoms with Crippen LogP contribution in [0, 0.1) is 11.8 Å². The molecule has 2 rings (SSSR count). The second kappa shape index (κ2) is 8.67. The monoisotopic (exact) mass is 324 g/mol. The largest absolute Gasteiger partial charge is 0.393 e. The number of rotatable bonds is 5. The van der Waals surface area contributed by atoms with E-state index in [4.69, 9.17) is 0 Å². The first kappa shape index (κ1) is 18.2. The average molecular weight is 324 g/mol. The molecular weight excluding hydrogens is 292 g/mol. The molecule has 132 valence electrons. The third kappa shape index (κ3) is 5.48. The van der Waals surface area contributed by atoms with Crippen molar-refractivity contribution in [3.8, 4) is 0 Å². The molecule has 1 heterocycles. The predicted octanol–water partition coefficient (Wildman–Crippen LogP) is 2.08. The van der Waals surface area contributed by atoms with Crippen molar-refractivity contribution in [1.82, 2.24) is 10.2 Å². The van der Waals surface area contributed by atoms with Crippen LogP contribution in [0.25, 0.3) is 0 Å². The normalized spacial score (nSPS) is 25.7. The molecule has 2 amide bonds. The summed E-state index contributed by atoms with van der Waals surface area (Å²) < 4.78 is 0. The second-order valence-corrected chi connectivity index (χ2v) is 7.43. The number of piperidine rings is 1. The lowest BCUT2D eigenvalue weighted by molar-refractivity contribution is -0.134. The molecule has 0 aromatic heterocycles. The van der Waals surface area contributed by atoms with Crippen LogP contribution in [-0.4, -0.2) is 47.1 Å². The number of aliphatic hydroxyl groups is 1. The van der Waals surface area contributed by atoms with Crippen molar-refractivity contribution in [3.63, 3.8) is 0 Å². The van der Waals surface area contributed by atoms with E-state index in [1.54, 1.807) is 6.92 Å². The SMILES string of the molecule is CC(CC(=O)N1CCCC(C(C)O)C1)NC(=O)C1CCCCC1. The minimum Gasteiger partial charge on any atom is -0.393 e. The summed E-state index contributed by atoms with van der Waals surface area (Å²) in [7, 11) is 0. The quantitative estimate of drug-likeness (QED) is 0.813. The van der Waals surface area contributed by atoms with Gasteiger partial charge in [0.25, 0.3) is 0 Å². The van der Waals surface area contributed by atoms with Gasteiger partial charge in [0.05, 0.1) is 6.10 Å². The molecule has 0 spiro atoms. The third-order valence-corrected chi connectivity index (χ3v) is 5.34. The highest BCUT2D eigenvalue weighted by Gasteiger charge is 2.28. The van der Waals surface area contributed by atoms with Gasteiger partial charge < -0.3 is 15.3 Å². The van der Waals surface area contributed by atoms with Crippen LogP contribution >= 0.6 is 0 Å². The number of nitrogens with one attached hydrogen (secondary N) is 1. The number of carbonyl (C=O) groups excluding carboxylic acids is 2. The molecule has 0 radical (unpaired) electrons. The Balaban J connectivity index is 1.76. The molecule has 5 nitrogen and oxygen atoms in total. The van der Waals surface area contributed by atoms with Crippen molar-refractivity contribution in [2.24, 2.45) is 11.8 Å². The zero-order valence-corrected chi connectivity index (χ0v) is 14.6. The molecule has 2 fully saturated rings. The van der Waals surface area contributed by atoms with E-state index >= 15 is 0 Å². The number of carbonyl (C=O) groups is 2. The molecule has 1 aliphatic heterocycles. The molecule has 1 aliphatic carbocycles. The van der Waals surface area contributed by atoms with E-state index in [1.165, 1.54) is 6.42 Å². The van der Waals surface area contributed by atoms with E-state index in [1.807, 2.05) is 11.8 Å². The van der Waals surface area contributed by atoms with Crippen LogP contribution in [0.3, 0.4) is 0 Å². The van der Waals surface area contributed by atoms with E-state index in [9.17, 15) is 14.7 Å². The summed E-state index contributed by atoms with van der Waals surface area (Å²) >= 11 is 0. The van der Waals surface area contributed by atoms with E-state index in [2.05, 4.69) is 5.32 Å². The number of nitrogens with zero attached hydrogens (tertiary/aromatic N) is 1. The van der Waals surface area contributed by atoms with E-state index in [0.29, 0.717) is 13.0 Å². The average Bonchev–Trinajstić information content (AvgIpc) is 2.55. The molecule has 3 unspecified atom stereocenters. The Morgan fingerprint density at radius 2 is 1.83 bits per heavy atom. The molecule has 2 aliphatic rings. The van der Waals surface area contributed by atoms with Gasteiger partial charge in [-0.1, -0.05) is 19.3 Å². The Morgan fingerprint density at radius 3 is 2.48 bits per heavy atom. The maximum Gasteiger partial charge on any atom is 0.224 e. The molecule has 2 N–H and O–H groups in total. The van der Waals surface area contributed by atoms with Gasteiger partial charge in [-0.2, -0.15) is 0 Å². The minimum atomic E-state index is -0.367. The molecule has 0 aromatic rings. The first-order valence-corrected chi connectivity index (χ1v) is 9.23. The Bertz CT molecular complexity index is 405.